The lowest BCUT2D eigenvalue weighted by Crippen LogP contribution is -2.28. The second-order valence-electron chi connectivity index (χ2n) is 6.51. The zero-order valence-corrected chi connectivity index (χ0v) is 16.7. The summed E-state index contributed by atoms with van der Waals surface area (Å²) in [6.45, 7) is 2.68. The van der Waals surface area contributed by atoms with E-state index >= 15 is 0 Å². The molecule has 3 aromatic rings. The number of amides is 1. The number of ether oxygens (including phenoxy) is 3. The topological polar surface area (TPSA) is 72.6 Å². The fourth-order valence-corrected chi connectivity index (χ4v) is 3.39. The molecule has 0 aliphatic rings. The molecule has 1 atom stereocenters. The molecule has 1 unspecified atom stereocenters. The normalized spacial score (nSPS) is 11.9. The van der Waals surface area contributed by atoms with Crippen molar-refractivity contribution in [1.29, 1.82) is 0 Å². The van der Waals surface area contributed by atoms with Crippen molar-refractivity contribution < 1.29 is 19.0 Å². The van der Waals surface area contributed by atoms with Crippen molar-refractivity contribution in [1.82, 2.24) is 10.3 Å². The van der Waals surface area contributed by atoms with Gasteiger partial charge in [0.1, 0.15) is 11.4 Å². The molecule has 0 aliphatic heterocycles. The number of hydrogen-bond acceptors (Lipinski definition) is 4. The molecule has 6 heteroatoms. The molecule has 2 aromatic carbocycles. The number of rotatable bonds is 8. The minimum absolute atomic E-state index is 0.173. The zero-order valence-electron chi connectivity index (χ0n) is 16.7. The summed E-state index contributed by atoms with van der Waals surface area (Å²) in [4.78, 5) is 15.9. The third-order valence-corrected chi connectivity index (χ3v) is 4.96. The first kappa shape index (κ1) is 19.6. The highest BCUT2D eigenvalue weighted by molar-refractivity contribution is 6.02. The predicted molar refractivity (Wildman–Crippen MR) is 110 cm³/mol. The molecule has 1 aromatic heterocycles. The third kappa shape index (κ3) is 3.76. The molecule has 0 aliphatic carbocycles. The summed E-state index contributed by atoms with van der Waals surface area (Å²) >= 11 is 0. The predicted octanol–water partition coefficient (Wildman–Crippen LogP) is 4.12. The minimum Gasteiger partial charge on any atom is -0.496 e. The maximum absolute atomic E-state index is 12.8. The second kappa shape index (κ2) is 8.69. The van der Waals surface area contributed by atoms with E-state index in [9.17, 15) is 4.79 Å². The van der Waals surface area contributed by atoms with E-state index in [1.54, 1.807) is 33.5 Å². The Kier molecular flexibility index (Phi) is 6.09. The number of aromatic amines is 1. The van der Waals surface area contributed by atoms with Gasteiger partial charge < -0.3 is 24.5 Å². The minimum atomic E-state index is -0.173. The molecule has 0 saturated carbocycles. The molecular formula is C22H26N2O4. The van der Waals surface area contributed by atoms with Gasteiger partial charge in [-0.05, 0) is 18.1 Å². The fraction of sp³-hybridized carbons (Fsp3) is 0.318. The summed E-state index contributed by atoms with van der Waals surface area (Å²) in [7, 11) is 4.71. The molecule has 0 spiro atoms. The largest absolute Gasteiger partial charge is 0.496 e. The van der Waals surface area contributed by atoms with Crippen LogP contribution in [-0.4, -0.2) is 38.8 Å². The van der Waals surface area contributed by atoms with Crippen LogP contribution >= 0.6 is 0 Å². The molecule has 1 heterocycles. The number of fused-ring (bicyclic) bond motifs is 1. The van der Waals surface area contributed by atoms with Gasteiger partial charge in [0.2, 0.25) is 0 Å². The van der Waals surface area contributed by atoms with Crippen molar-refractivity contribution in [3.05, 3.63) is 53.7 Å². The van der Waals surface area contributed by atoms with Gasteiger partial charge in [-0.2, -0.15) is 0 Å². The van der Waals surface area contributed by atoms with E-state index in [0.29, 0.717) is 35.0 Å². The van der Waals surface area contributed by atoms with Crippen LogP contribution in [-0.2, 0) is 0 Å². The Morgan fingerprint density at radius 2 is 1.75 bits per heavy atom. The highest BCUT2D eigenvalue weighted by atomic mass is 16.5. The number of aromatic nitrogens is 1. The summed E-state index contributed by atoms with van der Waals surface area (Å²) in [5.41, 5.74) is 2.33. The molecule has 2 N–H and O–H groups in total. The van der Waals surface area contributed by atoms with Crippen LogP contribution in [0.2, 0.25) is 0 Å². The van der Waals surface area contributed by atoms with Gasteiger partial charge in [-0.25, -0.2) is 0 Å². The molecule has 0 bridgehead atoms. The van der Waals surface area contributed by atoms with Crippen LogP contribution in [0.25, 0.3) is 10.9 Å². The van der Waals surface area contributed by atoms with E-state index in [4.69, 9.17) is 14.2 Å². The SMILES string of the molecule is CCC(CNC(=O)c1cc2c(OC)cc(OC)c(OC)c2[nH]1)c1ccccc1. The summed E-state index contributed by atoms with van der Waals surface area (Å²) < 4.78 is 16.3. The first-order valence-electron chi connectivity index (χ1n) is 9.27. The number of carbonyl (C=O) groups excluding carboxylic acids is 1. The number of methoxy groups -OCH3 is 3. The van der Waals surface area contributed by atoms with Gasteiger partial charge in [0, 0.05) is 23.9 Å². The lowest BCUT2D eigenvalue weighted by molar-refractivity contribution is 0.0946. The van der Waals surface area contributed by atoms with Crippen molar-refractivity contribution in [2.75, 3.05) is 27.9 Å². The van der Waals surface area contributed by atoms with Crippen LogP contribution in [0.4, 0.5) is 0 Å². The van der Waals surface area contributed by atoms with Gasteiger partial charge in [-0.3, -0.25) is 4.79 Å². The highest BCUT2D eigenvalue weighted by Gasteiger charge is 2.20. The van der Waals surface area contributed by atoms with Crippen LogP contribution in [0.15, 0.2) is 42.5 Å². The van der Waals surface area contributed by atoms with Gasteiger partial charge in [-0.1, -0.05) is 37.3 Å². The van der Waals surface area contributed by atoms with Gasteiger partial charge in [0.05, 0.1) is 26.8 Å². The Bertz CT molecular complexity index is 950. The monoisotopic (exact) mass is 382 g/mol. The standard InChI is InChI=1S/C22H26N2O4/c1-5-14(15-9-7-6-8-10-15)13-23-22(25)17-11-16-18(26-2)12-19(27-3)21(28-4)20(16)24-17/h6-12,14,24H,5,13H2,1-4H3,(H,23,25). The van der Waals surface area contributed by atoms with Crippen LogP contribution in [0, 0.1) is 0 Å². The second-order valence-corrected chi connectivity index (χ2v) is 6.51. The van der Waals surface area contributed by atoms with E-state index in [1.165, 1.54) is 5.56 Å². The van der Waals surface area contributed by atoms with Crippen molar-refractivity contribution in [2.24, 2.45) is 0 Å². The zero-order chi connectivity index (χ0) is 20.1. The summed E-state index contributed by atoms with van der Waals surface area (Å²) in [5, 5.41) is 3.79. The molecule has 3 rings (SSSR count). The quantitative estimate of drug-likeness (QED) is 0.615. The lowest BCUT2D eigenvalue weighted by Gasteiger charge is -2.15. The van der Waals surface area contributed by atoms with Crippen molar-refractivity contribution in [2.45, 2.75) is 19.3 Å². The van der Waals surface area contributed by atoms with Gasteiger partial charge in [-0.15, -0.1) is 0 Å². The van der Waals surface area contributed by atoms with Crippen LogP contribution in [0.5, 0.6) is 17.2 Å². The molecular weight excluding hydrogens is 356 g/mol. The smallest absolute Gasteiger partial charge is 0.267 e. The van der Waals surface area contributed by atoms with E-state index in [1.807, 2.05) is 18.2 Å². The Morgan fingerprint density at radius 3 is 2.36 bits per heavy atom. The number of carbonyl (C=O) groups is 1. The molecule has 1 amide bonds. The van der Waals surface area contributed by atoms with E-state index in [2.05, 4.69) is 29.4 Å². The molecule has 6 nitrogen and oxygen atoms in total. The van der Waals surface area contributed by atoms with E-state index in [0.717, 1.165) is 11.8 Å². The third-order valence-electron chi connectivity index (χ3n) is 4.96. The van der Waals surface area contributed by atoms with Crippen LogP contribution in [0.3, 0.4) is 0 Å². The molecule has 148 valence electrons. The molecule has 0 saturated heterocycles. The molecule has 28 heavy (non-hydrogen) atoms. The summed E-state index contributed by atoms with van der Waals surface area (Å²) in [5.74, 6) is 1.77. The number of H-pyrrole nitrogens is 1. The first-order valence-corrected chi connectivity index (χ1v) is 9.27. The average molecular weight is 382 g/mol. The Labute approximate surface area is 164 Å². The number of hydrogen-bond donors (Lipinski definition) is 2. The van der Waals surface area contributed by atoms with E-state index in [-0.39, 0.29) is 11.8 Å². The Hall–Kier alpha value is -3.15. The van der Waals surface area contributed by atoms with Crippen molar-refractivity contribution in [3.63, 3.8) is 0 Å². The lowest BCUT2D eigenvalue weighted by atomic mass is 9.96. The van der Waals surface area contributed by atoms with E-state index < -0.39 is 0 Å². The Balaban J connectivity index is 1.86. The number of nitrogens with one attached hydrogen (secondary N) is 2. The van der Waals surface area contributed by atoms with Crippen molar-refractivity contribution in [3.8, 4) is 17.2 Å². The van der Waals surface area contributed by atoms with Crippen LogP contribution < -0.4 is 19.5 Å². The number of benzene rings is 2. The van der Waals surface area contributed by atoms with Gasteiger partial charge in [0.15, 0.2) is 11.5 Å². The van der Waals surface area contributed by atoms with Crippen LogP contribution in [0.1, 0.15) is 35.3 Å². The molecule has 0 radical (unpaired) electrons. The first-order chi connectivity index (χ1) is 13.6. The Morgan fingerprint density at radius 1 is 1.04 bits per heavy atom. The summed E-state index contributed by atoms with van der Waals surface area (Å²) in [6, 6.07) is 13.7. The average Bonchev–Trinajstić information content (AvgIpc) is 3.19. The summed E-state index contributed by atoms with van der Waals surface area (Å²) in [6.07, 6.45) is 0.940. The fourth-order valence-electron chi connectivity index (χ4n) is 3.39. The van der Waals surface area contributed by atoms with Gasteiger partial charge in [0.25, 0.3) is 5.91 Å². The maximum Gasteiger partial charge on any atom is 0.267 e. The van der Waals surface area contributed by atoms with Crippen molar-refractivity contribution >= 4 is 16.8 Å². The van der Waals surface area contributed by atoms with Gasteiger partial charge >= 0.3 is 0 Å². The highest BCUT2D eigenvalue weighted by Crippen LogP contribution is 2.41. The maximum atomic E-state index is 12.8. The molecule has 0 fully saturated rings.